The van der Waals surface area contributed by atoms with Crippen LogP contribution in [0.2, 0.25) is 0 Å². The first-order valence-electron chi connectivity index (χ1n) is 6.59. The van der Waals surface area contributed by atoms with E-state index >= 15 is 0 Å². The zero-order valence-corrected chi connectivity index (χ0v) is 11.7. The second-order valence-electron chi connectivity index (χ2n) is 5.09. The summed E-state index contributed by atoms with van der Waals surface area (Å²) in [6, 6.07) is 16.4. The largest absolute Gasteiger partial charge is 0.382 e. The molecule has 0 saturated heterocycles. The Bertz CT molecular complexity index is 571. The molecule has 0 saturated carbocycles. The molecule has 0 unspecified atom stereocenters. The summed E-state index contributed by atoms with van der Waals surface area (Å²) in [4.78, 5) is 0. The maximum absolute atomic E-state index is 8.39. The van der Waals surface area contributed by atoms with Crippen LogP contribution in [0.4, 0.5) is 5.69 Å². The lowest BCUT2D eigenvalue weighted by Crippen LogP contribution is -2.14. The van der Waals surface area contributed by atoms with Gasteiger partial charge in [0, 0.05) is 22.9 Å². The van der Waals surface area contributed by atoms with Crippen molar-refractivity contribution in [1.29, 1.82) is 5.41 Å². The highest BCUT2D eigenvalue weighted by Gasteiger charge is 2.10. The predicted octanol–water partition coefficient (Wildman–Crippen LogP) is 4.23. The van der Waals surface area contributed by atoms with E-state index in [9.17, 15) is 0 Å². The van der Waals surface area contributed by atoms with Crippen LogP contribution in [0.25, 0.3) is 0 Å². The summed E-state index contributed by atoms with van der Waals surface area (Å²) in [6.45, 7) is 6.29. The van der Waals surface area contributed by atoms with Gasteiger partial charge in [0.1, 0.15) is 0 Å². The number of rotatable bonds is 4. The van der Waals surface area contributed by atoms with Crippen molar-refractivity contribution in [1.82, 2.24) is 0 Å². The van der Waals surface area contributed by atoms with Gasteiger partial charge in [-0.1, -0.05) is 42.5 Å². The van der Waals surface area contributed by atoms with Crippen LogP contribution >= 0.6 is 0 Å². The van der Waals surface area contributed by atoms with E-state index in [0.717, 1.165) is 16.8 Å². The van der Waals surface area contributed by atoms with Crippen LogP contribution in [0, 0.1) is 12.3 Å². The van der Waals surface area contributed by atoms with E-state index < -0.39 is 0 Å². The van der Waals surface area contributed by atoms with Crippen molar-refractivity contribution in [2.24, 2.45) is 0 Å². The summed E-state index contributed by atoms with van der Waals surface area (Å²) in [5.41, 5.74) is 4.68. The minimum absolute atomic E-state index is 0.351. The third-order valence-electron chi connectivity index (χ3n) is 2.95. The van der Waals surface area contributed by atoms with Crippen molar-refractivity contribution in [3.8, 4) is 0 Å². The van der Waals surface area contributed by atoms with Crippen LogP contribution in [-0.4, -0.2) is 11.8 Å². The lowest BCUT2D eigenvalue weighted by atomic mass is 9.99. The molecule has 0 heterocycles. The van der Waals surface area contributed by atoms with Crippen molar-refractivity contribution >= 4 is 11.4 Å². The van der Waals surface area contributed by atoms with Gasteiger partial charge < -0.3 is 5.32 Å². The zero-order valence-electron chi connectivity index (χ0n) is 11.7. The highest BCUT2D eigenvalue weighted by atomic mass is 14.9. The number of hydrogen-bond donors (Lipinski definition) is 2. The number of aryl methyl sites for hydroxylation is 1. The summed E-state index contributed by atoms with van der Waals surface area (Å²) < 4.78 is 0. The fourth-order valence-corrected chi connectivity index (χ4v) is 2.07. The van der Waals surface area contributed by atoms with Gasteiger partial charge in [-0.05, 0) is 32.4 Å². The maximum Gasteiger partial charge on any atom is 0.0705 e. The van der Waals surface area contributed by atoms with E-state index in [1.165, 1.54) is 5.56 Å². The zero-order chi connectivity index (χ0) is 13.8. The fourth-order valence-electron chi connectivity index (χ4n) is 2.07. The van der Waals surface area contributed by atoms with Crippen LogP contribution in [-0.2, 0) is 0 Å². The van der Waals surface area contributed by atoms with Gasteiger partial charge in [0.2, 0.25) is 0 Å². The fraction of sp³-hybridized carbons (Fsp3) is 0.235. The Morgan fingerprint density at radius 3 is 2.37 bits per heavy atom. The second kappa shape index (κ2) is 5.70. The van der Waals surface area contributed by atoms with Crippen LogP contribution in [0.1, 0.15) is 30.5 Å². The predicted molar refractivity (Wildman–Crippen MR) is 82.3 cm³/mol. The molecular formula is C17H20N2. The Kier molecular flexibility index (Phi) is 4.00. The minimum atomic E-state index is 0.351. The third-order valence-corrected chi connectivity index (χ3v) is 2.95. The molecule has 2 heteroatoms. The molecule has 2 aromatic rings. The van der Waals surface area contributed by atoms with Gasteiger partial charge in [0.05, 0.1) is 5.71 Å². The summed E-state index contributed by atoms with van der Waals surface area (Å²) in [5, 5.41) is 11.8. The Morgan fingerprint density at radius 1 is 1.05 bits per heavy atom. The van der Waals surface area contributed by atoms with E-state index in [-0.39, 0.29) is 0 Å². The van der Waals surface area contributed by atoms with Gasteiger partial charge >= 0.3 is 0 Å². The molecule has 0 aromatic heterocycles. The van der Waals surface area contributed by atoms with E-state index in [2.05, 4.69) is 38.2 Å². The molecule has 0 aliphatic rings. The Hall–Kier alpha value is -2.09. The van der Waals surface area contributed by atoms with Crippen molar-refractivity contribution in [2.75, 3.05) is 5.32 Å². The summed E-state index contributed by atoms with van der Waals surface area (Å²) in [7, 11) is 0. The number of anilines is 1. The average Bonchev–Trinajstić information content (AvgIpc) is 2.38. The summed E-state index contributed by atoms with van der Waals surface area (Å²) >= 11 is 0. The van der Waals surface area contributed by atoms with Crippen LogP contribution in [0.3, 0.4) is 0 Å². The SMILES string of the molecule is Cc1ccc(C(=N)c2ccccc2)c(NC(C)C)c1. The van der Waals surface area contributed by atoms with E-state index in [1.54, 1.807) is 0 Å². The van der Waals surface area contributed by atoms with Gasteiger partial charge in [-0.15, -0.1) is 0 Å². The molecule has 98 valence electrons. The molecule has 0 aliphatic heterocycles. The van der Waals surface area contributed by atoms with Gasteiger partial charge in [0.15, 0.2) is 0 Å². The molecule has 0 amide bonds. The molecule has 2 rings (SSSR count). The van der Waals surface area contributed by atoms with E-state index in [4.69, 9.17) is 5.41 Å². The van der Waals surface area contributed by atoms with Gasteiger partial charge in [-0.3, -0.25) is 5.41 Å². The van der Waals surface area contributed by atoms with Crippen LogP contribution < -0.4 is 5.32 Å². The average molecular weight is 252 g/mol. The molecule has 0 radical (unpaired) electrons. The molecule has 0 spiro atoms. The van der Waals surface area contributed by atoms with E-state index in [0.29, 0.717) is 11.8 Å². The molecular weight excluding hydrogens is 232 g/mol. The number of hydrogen-bond acceptors (Lipinski definition) is 2. The van der Waals surface area contributed by atoms with Crippen molar-refractivity contribution < 1.29 is 0 Å². The standard InChI is InChI=1S/C17H20N2/c1-12(2)19-16-11-13(3)9-10-15(16)17(18)14-7-5-4-6-8-14/h4-12,18-19H,1-3H3. The van der Waals surface area contributed by atoms with Crippen LogP contribution in [0.5, 0.6) is 0 Å². The monoisotopic (exact) mass is 252 g/mol. The number of benzene rings is 2. The molecule has 0 bridgehead atoms. The van der Waals surface area contributed by atoms with Gasteiger partial charge in [-0.25, -0.2) is 0 Å². The molecule has 0 aliphatic carbocycles. The molecule has 0 fully saturated rings. The molecule has 19 heavy (non-hydrogen) atoms. The second-order valence-corrected chi connectivity index (χ2v) is 5.09. The lowest BCUT2D eigenvalue weighted by Gasteiger charge is -2.16. The Balaban J connectivity index is 2.41. The van der Waals surface area contributed by atoms with Gasteiger partial charge in [-0.2, -0.15) is 0 Å². The highest BCUT2D eigenvalue weighted by molar-refractivity contribution is 6.14. The molecule has 2 aromatic carbocycles. The van der Waals surface area contributed by atoms with Crippen LogP contribution in [0.15, 0.2) is 48.5 Å². The van der Waals surface area contributed by atoms with Crippen molar-refractivity contribution in [3.05, 3.63) is 65.2 Å². The Morgan fingerprint density at radius 2 is 1.74 bits per heavy atom. The van der Waals surface area contributed by atoms with Crippen molar-refractivity contribution in [3.63, 3.8) is 0 Å². The van der Waals surface area contributed by atoms with Crippen molar-refractivity contribution in [2.45, 2.75) is 26.8 Å². The number of nitrogens with one attached hydrogen (secondary N) is 2. The smallest absolute Gasteiger partial charge is 0.0705 e. The molecule has 2 nitrogen and oxygen atoms in total. The minimum Gasteiger partial charge on any atom is -0.382 e. The Labute approximate surface area is 115 Å². The maximum atomic E-state index is 8.39. The first-order valence-corrected chi connectivity index (χ1v) is 6.59. The summed E-state index contributed by atoms with van der Waals surface area (Å²) in [5.74, 6) is 0. The lowest BCUT2D eigenvalue weighted by molar-refractivity contribution is 0.899. The van der Waals surface area contributed by atoms with E-state index in [1.807, 2.05) is 36.4 Å². The first-order chi connectivity index (χ1) is 9.08. The molecule has 0 atom stereocenters. The summed E-state index contributed by atoms with van der Waals surface area (Å²) in [6.07, 6.45) is 0. The third kappa shape index (κ3) is 3.22. The van der Waals surface area contributed by atoms with Gasteiger partial charge in [0.25, 0.3) is 0 Å². The topological polar surface area (TPSA) is 35.9 Å². The first kappa shape index (κ1) is 13.3. The molecule has 2 N–H and O–H groups in total. The normalized spacial score (nSPS) is 10.5. The quantitative estimate of drug-likeness (QED) is 0.785. The highest BCUT2D eigenvalue weighted by Crippen LogP contribution is 2.21.